The van der Waals surface area contributed by atoms with E-state index in [0.29, 0.717) is 18.1 Å². The SMILES string of the molecule is CC(=O)Nc1nc(-c2ccc(CCNOC(N)=O)cc2)cs1. The van der Waals surface area contributed by atoms with Crippen LogP contribution in [-0.2, 0) is 16.1 Å². The number of benzene rings is 1. The Morgan fingerprint density at radius 1 is 1.32 bits per heavy atom. The molecule has 2 rings (SSSR count). The molecule has 0 atom stereocenters. The molecule has 22 heavy (non-hydrogen) atoms. The fraction of sp³-hybridized carbons (Fsp3) is 0.214. The zero-order valence-corrected chi connectivity index (χ0v) is 12.8. The highest BCUT2D eigenvalue weighted by Crippen LogP contribution is 2.25. The molecule has 1 aromatic heterocycles. The molecule has 116 valence electrons. The number of hydroxylamine groups is 1. The number of carbonyl (C=O) groups is 2. The topological polar surface area (TPSA) is 106 Å². The molecular weight excluding hydrogens is 304 g/mol. The average molecular weight is 320 g/mol. The van der Waals surface area contributed by atoms with Crippen LogP contribution in [0.4, 0.5) is 9.93 Å². The zero-order valence-electron chi connectivity index (χ0n) is 12.0. The maximum atomic E-state index is 11.0. The van der Waals surface area contributed by atoms with E-state index in [0.717, 1.165) is 16.8 Å². The lowest BCUT2D eigenvalue weighted by Gasteiger charge is -2.04. The fourth-order valence-electron chi connectivity index (χ4n) is 1.77. The molecule has 4 N–H and O–H groups in total. The second-order valence-corrected chi connectivity index (χ2v) is 5.34. The number of amides is 2. The summed E-state index contributed by atoms with van der Waals surface area (Å²) in [6.45, 7) is 1.93. The van der Waals surface area contributed by atoms with Crippen molar-refractivity contribution >= 4 is 28.5 Å². The number of anilines is 1. The van der Waals surface area contributed by atoms with Gasteiger partial charge in [-0.3, -0.25) is 4.79 Å². The van der Waals surface area contributed by atoms with Crippen molar-refractivity contribution < 1.29 is 14.4 Å². The third kappa shape index (κ3) is 4.83. The summed E-state index contributed by atoms with van der Waals surface area (Å²) in [5, 5.41) is 5.13. The molecule has 0 bridgehead atoms. The van der Waals surface area contributed by atoms with Crippen molar-refractivity contribution in [3.8, 4) is 11.3 Å². The molecule has 0 aliphatic carbocycles. The predicted octanol–water partition coefficient (Wildman–Crippen LogP) is 1.91. The van der Waals surface area contributed by atoms with Crippen molar-refractivity contribution in [1.29, 1.82) is 0 Å². The smallest absolute Gasteiger partial charge is 0.354 e. The summed E-state index contributed by atoms with van der Waals surface area (Å²) in [7, 11) is 0. The van der Waals surface area contributed by atoms with Crippen LogP contribution >= 0.6 is 11.3 Å². The van der Waals surface area contributed by atoms with Gasteiger partial charge >= 0.3 is 6.09 Å². The predicted molar refractivity (Wildman–Crippen MR) is 84.2 cm³/mol. The third-order valence-electron chi connectivity index (χ3n) is 2.73. The van der Waals surface area contributed by atoms with E-state index in [1.807, 2.05) is 29.6 Å². The van der Waals surface area contributed by atoms with E-state index in [1.165, 1.54) is 18.3 Å². The van der Waals surface area contributed by atoms with Crippen LogP contribution in [0.2, 0.25) is 0 Å². The Morgan fingerprint density at radius 2 is 2.05 bits per heavy atom. The van der Waals surface area contributed by atoms with E-state index in [2.05, 4.69) is 20.6 Å². The van der Waals surface area contributed by atoms with Gasteiger partial charge in [0.2, 0.25) is 5.91 Å². The Kier molecular flexibility index (Phi) is 5.45. The fourth-order valence-corrected chi connectivity index (χ4v) is 2.54. The highest BCUT2D eigenvalue weighted by atomic mass is 32.1. The average Bonchev–Trinajstić information content (AvgIpc) is 2.92. The monoisotopic (exact) mass is 320 g/mol. The minimum Gasteiger partial charge on any atom is -0.354 e. The van der Waals surface area contributed by atoms with Crippen molar-refractivity contribution in [2.45, 2.75) is 13.3 Å². The molecule has 0 spiro atoms. The summed E-state index contributed by atoms with van der Waals surface area (Å²) < 4.78 is 0. The van der Waals surface area contributed by atoms with Gasteiger partial charge in [-0.25, -0.2) is 9.78 Å². The van der Waals surface area contributed by atoms with Crippen molar-refractivity contribution in [3.05, 3.63) is 35.2 Å². The van der Waals surface area contributed by atoms with Crippen LogP contribution in [0.5, 0.6) is 0 Å². The Hall–Kier alpha value is -2.45. The van der Waals surface area contributed by atoms with Crippen molar-refractivity contribution in [3.63, 3.8) is 0 Å². The molecule has 2 aromatic rings. The van der Waals surface area contributed by atoms with Gasteiger partial charge < -0.3 is 15.9 Å². The van der Waals surface area contributed by atoms with Gasteiger partial charge in [0.1, 0.15) is 0 Å². The van der Waals surface area contributed by atoms with Gasteiger partial charge in [0.15, 0.2) is 5.13 Å². The van der Waals surface area contributed by atoms with Crippen LogP contribution in [0, 0.1) is 0 Å². The molecule has 7 nitrogen and oxygen atoms in total. The van der Waals surface area contributed by atoms with Gasteiger partial charge in [-0.1, -0.05) is 24.3 Å². The number of nitrogens with two attached hydrogens (primary N) is 1. The largest absolute Gasteiger partial charge is 0.423 e. The summed E-state index contributed by atoms with van der Waals surface area (Å²) in [4.78, 5) is 30.2. The number of carbonyl (C=O) groups excluding carboxylic acids is 2. The summed E-state index contributed by atoms with van der Waals surface area (Å²) in [6, 6.07) is 7.85. The van der Waals surface area contributed by atoms with Crippen LogP contribution in [-0.4, -0.2) is 23.5 Å². The van der Waals surface area contributed by atoms with E-state index >= 15 is 0 Å². The number of hydrogen-bond donors (Lipinski definition) is 3. The Labute approximate surface area is 131 Å². The minimum atomic E-state index is -0.853. The number of rotatable bonds is 6. The van der Waals surface area contributed by atoms with Crippen LogP contribution in [0.3, 0.4) is 0 Å². The molecule has 0 radical (unpaired) electrons. The van der Waals surface area contributed by atoms with E-state index in [1.54, 1.807) is 0 Å². The second kappa shape index (κ2) is 7.53. The number of nitrogens with one attached hydrogen (secondary N) is 2. The standard InChI is InChI=1S/C14H16N4O3S/c1-9(19)17-14-18-12(8-22-14)11-4-2-10(3-5-11)6-7-16-21-13(15)20/h2-5,8,16H,6-7H2,1H3,(H2,15,20)(H,17,18,19). The number of hydrogen-bond acceptors (Lipinski definition) is 6. The summed E-state index contributed by atoms with van der Waals surface area (Å²) in [6.07, 6.45) is -0.157. The van der Waals surface area contributed by atoms with Crippen LogP contribution in [0.15, 0.2) is 29.6 Å². The van der Waals surface area contributed by atoms with E-state index in [4.69, 9.17) is 5.73 Å². The number of thiazole rings is 1. The van der Waals surface area contributed by atoms with E-state index in [9.17, 15) is 9.59 Å². The Morgan fingerprint density at radius 3 is 2.68 bits per heavy atom. The first-order chi connectivity index (χ1) is 10.5. The Bertz CT molecular complexity index is 654. The maximum absolute atomic E-state index is 11.0. The molecule has 0 aliphatic heterocycles. The Balaban J connectivity index is 1.92. The van der Waals surface area contributed by atoms with E-state index in [-0.39, 0.29) is 5.91 Å². The zero-order chi connectivity index (χ0) is 15.9. The third-order valence-corrected chi connectivity index (χ3v) is 3.48. The molecule has 0 aliphatic rings. The molecular formula is C14H16N4O3S. The van der Waals surface area contributed by atoms with Gasteiger partial charge in [-0.05, 0) is 12.0 Å². The minimum absolute atomic E-state index is 0.137. The quantitative estimate of drug-likeness (QED) is 0.557. The van der Waals surface area contributed by atoms with Crippen molar-refractivity contribution in [1.82, 2.24) is 10.5 Å². The first-order valence-electron chi connectivity index (χ1n) is 6.56. The maximum Gasteiger partial charge on any atom is 0.423 e. The molecule has 1 heterocycles. The molecule has 1 aromatic carbocycles. The second-order valence-electron chi connectivity index (χ2n) is 4.48. The first kappa shape index (κ1) is 15.9. The summed E-state index contributed by atoms with van der Waals surface area (Å²) in [5.74, 6) is -0.137. The number of nitrogens with zero attached hydrogens (tertiary/aromatic N) is 1. The molecule has 2 amide bonds. The summed E-state index contributed by atoms with van der Waals surface area (Å²) >= 11 is 1.38. The lowest BCUT2D eigenvalue weighted by Crippen LogP contribution is -2.26. The highest BCUT2D eigenvalue weighted by molar-refractivity contribution is 7.14. The number of primary amides is 1. The summed E-state index contributed by atoms with van der Waals surface area (Å²) in [5.41, 5.74) is 10.2. The van der Waals surface area contributed by atoms with Crippen LogP contribution in [0.25, 0.3) is 11.3 Å². The van der Waals surface area contributed by atoms with Gasteiger partial charge in [-0.15, -0.1) is 11.3 Å². The van der Waals surface area contributed by atoms with Gasteiger partial charge in [-0.2, -0.15) is 5.48 Å². The lowest BCUT2D eigenvalue weighted by atomic mass is 10.1. The lowest BCUT2D eigenvalue weighted by molar-refractivity contribution is -0.114. The van der Waals surface area contributed by atoms with E-state index < -0.39 is 6.09 Å². The van der Waals surface area contributed by atoms with Gasteiger partial charge in [0, 0.05) is 24.4 Å². The molecule has 0 unspecified atom stereocenters. The van der Waals surface area contributed by atoms with Crippen LogP contribution < -0.4 is 16.5 Å². The molecule has 8 heteroatoms. The molecule has 0 saturated heterocycles. The van der Waals surface area contributed by atoms with Crippen LogP contribution in [0.1, 0.15) is 12.5 Å². The molecule has 0 saturated carbocycles. The molecule has 0 fully saturated rings. The normalized spacial score (nSPS) is 10.2. The first-order valence-corrected chi connectivity index (χ1v) is 7.44. The van der Waals surface area contributed by atoms with Gasteiger partial charge in [0.25, 0.3) is 0 Å². The van der Waals surface area contributed by atoms with Crippen molar-refractivity contribution in [2.75, 3.05) is 11.9 Å². The van der Waals surface area contributed by atoms with Crippen molar-refractivity contribution in [2.24, 2.45) is 5.73 Å². The van der Waals surface area contributed by atoms with Gasteiger partial charge in [0.05, 0.1) is 5.69 Å². The highest BCUT2D eigenvalue weighted by Gasteiger charge is 2.05. The number of aromatic nitrogens is 1.